The lowest BCUT2D eigenvalue weighted by Gasteiger charge is -2.31. The third-order valence-corrected chi connectivity index (χ3v) is 4.95. The summed E-state index contributed by atoms with van der Waals surface area (Å²) in [4.78, 5) is 12.1. The van der Waals surface area contributed by atoms with Crippen molar-refractivity contribution in [3.63, 3.8) is 0 Å². The summed E-state index contributed by atoms with van der Waals surface area (Å²) in [6.07, 6.45) is -1.17. The first kappa shape index (κ1) is 20.5. The molecule has 1 amide bonds. The number of hydrogen-bond acceptors (Lipinski definition) is 3. The Balaban J connectivity index is 0.00000264. The molecule has 1 aliphatic heterocycles. The van der Waals surface area contributed by atoms with Crippen molar-refractivity contribution in [3.05, 3.63) is 0 Å². The predicted octanol–water partition coefficient (Wildman–Crippen LogP) is 2.65. The zero-order chi connectivity index (χ0) is 16.2. The minimum Gasteiger partial charge on any atom is -0.381 e. The van der Waals surface area contributed by atoms with Crippen LogP contribution in [-0.4, -0.2) is 37.9 Å². The van der Waals surface area contributed by atoms with Gasteiger partial charge >= 0.3 is 6.18 Å². The topological polar surface area (TPSA) is 64.4 Å². The van der Waals surface area contributed by atoms with Gasteiger partial charge in [0.1, 0.15) is 0 Å². The summed E-state index contributed by atoms with van der Waals surface area (Å²) >= 11 is 0. The normalized spacial score (nSPS) is 27.8. The highest BCUT2D eigenvalue weighted by Crippen LogP contribution is 2.39. The molecule has 2 fully saturated rings. The third-order valence-electron chi connectivity index (χ3n) is 4.95. The number of amides is 1. The van der Waals surface area contributed by atoms with Crippen LogP contribution in [0.2, 0.25) is 0 Å². The van der Waals surface area contributed by atoms with Gasteiger partial charge in [-0.15, -0.1) is 12.4 Å². The van der Waals surface area contributed by atoms with Gasteiger partial charge in [-0.25, -0.2) is 0 Å². The SMILES string of the molecule is Cl.NC(C(=O)NCC1CCC(C(F)(F)F)CC1)C1CCOCC1. The van der Waals surface area contributed by atoms with Gasteiger partial charge < -0.3 is 15.8 Å². The van der Waals surface area contributed by atoms with Crippen molar-refractivity contribution in [1.82, 2.24) is 5.32 Å². The zero-order valence-electron chi connectivity index (χ0n) is 13.1. The van der Waals surface area contributed by atoms with E-state index >= 15 is 0 Å². The molecule has 23 heavy (non-hydrogen) atoms. The number of alkyl halides is 3. The number of nitrogens with one attached hydrogen (secondary N) is 1. The van der Waals surface area contributed by atoms with Crippen molar-refractivity contribution in [2.45, 2.75) is 50.7 Å². The molecule has 0 radical (unpaired) electrons. The van der Waals surface area contributed by atoms with Crippen LogP contribution in [0.5, 0.6) is 0 Å². The average molecular weight is 359 g/mol. The second kappa shape index (κ2) is 9.08. The minimum atomic E-state index is -4.08. The standard InChI is InChI=1S/C15H25F3N2O2.ClH/c16-15(17,18)12-3-1-10(2-4-12)9-20-14(21)13(19)11-5-7-22-8-6-11;/h10-13H,1-9,19H2,(H,20,21);1H. The maximum Gasteiger partial charge on any atom is 0.391 e. The van der Waals surface area contributed by atoms with Crippen LogP contribution in [0.1, 0.15) is 38.5 Å². The van der Waals surface area contributed by atoms with E-state index in [1.807, 2.05) is 0 Å². The molecule has 136 valence electrons. The lowest BCUT2D eigenvalue weighted by atomic mass is 9.81. The number of halogens is 4. The highest BCUT2D eigenvalue weighted by atomic mass is 35.5. The Bertz CT molecular complexity index is 368. The molecule has 1 saturated heterocycles. The van der Waals surface area contributed by atoms with E-state index in [2.05, 4.69) is 5.32 Å². The number of ether oxygens (including phenoxy) is 1. The van der Waals surface area contributed by atoms with Crippen LogP contribution in [-0.2, 0) is 9.53 Å². The maximum atomic E-state index is 12.6. The van der Waals surface area contributed by atoms with Crippen molar-refractivity contribution in [3.8, 4) is 0 Å². The second-order valence-corrected chi connectivity index (χ2v) is 6.48. The number of hydrogen-bond donors (Lipinski definition) is 2. The van der Waals surface area contributed by atoms with E-state index < -0.39 is 18.1 Å². The Morgan fingerprint density at radius 3 is 2.22 bits per heavy atom. The molecular weight excluding hydrogens is 333 g/mol. The van der Waals surface area contributed by atoms with Crippen LogP contribution < -0.4 is 11.1 Å². The summed E-state index contributed by atoms with van der Waals surface area (Å²) in [6.45, 7) is 1.69. The quantitative estimate of drug-likeness (QED) is 0.812. The summed E-state index contributed by atoms with van der Waals surface area (Å²) in [6, 6.07) is -0.546. The molecule has 1 heterocycles. The van der Waals surface area contributed by atoms with Crippen LogP contribution in [0, 0.1) is 17.8 Å². The van der Waals surface area contributed by atoms with Crippen molar-refractivity contribution in [1.29, 1.82) is 0 Å². The predicted molar refractivity (Wildman–Crippen MR) is 83.3 cm³/mol. The monoisotopic (exact) mass is 358 g/mol. The smallest absolute Gasteiger partial charge is 0.381 e. The summed E-state index contributed by atoms with van der Waals surface area (Å²) in [7, 11) is 0. The van der Waals surface area contributed by atoms with Crippen molar-refractivity contribution >= 4 is 18.3 Å². The van der Waals surface area contributed by atoms with Gasteiger partial charge in [0.25, 0.3) is 0 Å². The molecule has 0 bridgehead atoms. The van der Waals surface area contributed by atoms with Gasteiger partial charge in [0, 0.05) is 19.8 Å². The number of rotatable bonds is 4. The molecule has 2 aliphatic rings. The van der Waals surface area contributed by atoms with Crippen LogP contribution in [0.4, 0.5) is 13.2 Å². The summed E-state index contributed by atoms with van der Waals surface area (Å²) in [5, 5.41) is 2.82. The number of nitrogens with two attached hydrogens (primary N) is 1. The van der Waals surface area contributed by atoms with Gasteiger partial charge in [-0.1, -0.05) is 0 Å². The van der Waals surface area contributed by atoms with Gasteiger partial charge in [0.05, 0.1) is 12.0 Å². The van der Waals surface area contributed by atoms with Gasteiger partial charge in [-0.3, -0.25) is 4.79 Å². The molecule has 8 heteroatoms. The average Bonchev–Trinajstić information content (AvgIpc) is 2.52. The molecular formula is C15H26ClF3N2O2. The van der Waals surface area contributed by atoms with E-state index in [1.165, 1.54) is 0 Å². The Morgan fingerprint density at radius 2 is 1.70 bits per heavy atom. The van der Waals surface area contributed by atoms with Gasteiger partial charge in [0.15, 0.2) is 0 Å². The minimum absolute atomic E-state index is 0. The summed E-state index contributed by atoms with van der Waals surface area (Å²) in [5.41, 5.74) is 5.97. The molecule has 0 aromatic heterocycles. The van der Waals surface area contributed by atoms with Gasteiger partial charge in [0.2, 0.25) is 5.91 Å². The number of carbonyl (C=O) groups excluding carboxylic acids is 1. The first-order valence-electron chi connectivity index (χ1n) is 8.05. The Morgan fingerprint density at radius 1 is 1.13 bits per heavy atom. The molecule has 3 N–H and O–H groups in total. The lowest BCUT2D eigenvalue weighted by Crippen LogP contribution is -2.48. The molecule has 1 atom stereocenters. The lowest BCUT2D eigenvalue weighted by molar-refractivity contribution is -0.183. The molecule has 1 saturated carbocycles. The highest BCUT2D eigenvalue weighted by molar-refractivity contribution is 5.85. The van der Waals surface area contributed by atoms with Gasteiger partial charge in [-0.2, -0.15) is 13.2 Å². The van der Waals surface area contributed by atoms with E-state index in [4.69, 9.17) is 10.5 Å². The van der Waals surface area contributed by atoms with E-state index in [0.717, 1.165) is 12.8 Å². The molecule has 4 nitrogen and oxygen atoms in total. The Hall–Kier alpha value is -0.530. The van der Waals surface area contributed by atoms with Gasteiger partial charge in [-0.05, 0) is 50.4 Å². The fourth-order valence-electron chi connectivity index (χ4n) is 3.35. The van der Waals surface area contributed by atoms with Crippen molar-refractivity contribution in [2.24, 2.45) is 23.5 Å². The summed E-state index contributed by atoms with van der Waals surface area (Å²) in [5.74, 6) is -1.10. The van der Waals surface area contributed by atoms with E-state index in [0.29, 0.717) is 32.6 Å². The fourth-order valence-corrected chi connectivity index (χ4v) is 3.35. The fraction of sp³-hybridized carbons (Fsp3) is 0.933. The molecule has 1 unspecified atom stereocenters. The van der Waals surface area contributed by atoms with E-state index in [1.54, 1.807) is 0 Å². The molecule has 0 spiro atoms. The Labute approximate surface area is 141 Å². The van der Waals surface area contributed by atoms with Crippen molar-refractivity contribution < 1.29 is 22.7 Å². The zero-order valence-corrected chi connectivity index (χ0v) is 13.9. The first-order valence-corrected chi connectivity index (χ1v) is 8.05. The van der Waals surface area contributed by atoms with E-state index in [9.17, 15) is 18.0 Å². The van der Waals surface area contributed by atoms with Crippen LogP contribution in [0.3, 0.4) is 0 Å². The van der Waals surface area contributed by atoms with Crippen LogP contribution in [0.25, 0.3) is 0 Å². The first-order chi connectivity index (χ1) is 10.4. The molecule has 0 aromatic carbocycles. The van der Waals surface area contributed by atoms with Crippen LogP contribution >= 0.6 is 12.4 Å². The highest BCUT2D eigenvalue weighted by Gasteiger charge is 2.41. The summed E-state index contributed by atoms with van der Waals surface area (Å²) < 4.78 is 43.0. The molecule has 1 aliphatic carbocycles. The maximum absolute atomic E-state index is 12.6. The third kappa shape index (κ3) is 6.12. The van der Waals surface area contributed by atoms with Crippen LogP contribution in [0.15, 0.2) is 0 Å². The Kier molecular flexibility index (Phi) is 8.10. The second-order valence-electron chi connectivity index (χ2n) is 6.48. The number of carbonyl (C=O) groups is 1. The molecule has 0 aromatic rings. The van der Waals surface area contributed by atoms with E-state index in [-0.39, 0.29) is 43.0 Å². The van der Waals surface area contributed by atoms with Crippen molar-refractivity contribution in [2.75, 3.05) is 19.8 Å². The molecule has 2 rings (SSSR count). The largest absolute Gasteiger partial charge is 0.391 e.